The number of carbonyl (C=O) groups is 2. The molecular weight excluding hydrogens is 343 g/mol. The van der Waals surface area contributed by atoms with Gasteiger partial charge in [-0.2, -0.15) is 0 Å². The Morgan fingerprint density at radius 2 is 1.85 bits per heavy atom. The van der Waals surface area contributed by atoms with Gasteiger partial charge in [0, 0.05) is 32.6 Å². The van der Waals surface area contributed by atoms with Gasteiger partial charge in [0.05, 0.1) is 5.92 Å². The predicted octanol–water partition coefficient (Wildman–Crippen LogP) is 3.27. The van der Waals surface area contributed by atoms with Crippen LogP contribution in [0.15, 0.2) is 54.6 Å². The molecule has 0 saturated carbocycles. The SMILES string of the molecule is CCN(Cc1ccccc1)C(=O)C1CC(=O)N(CCc2ccccc2F)C1. The first-order chi connectivity index (χ1) is 13.1. The number of halogens is 1. The van der Waals surface area contributed by atoms with Crippen LogP contribution in [0.4, 0.5) is 4.39 Å². The van der Waals surface area contributed by atoms with Gasteiger partial charge in [0.2, 0.25) is 11.8 Å². The Hall–Kier alpha value is -2.69. The van der Waals surface area contributed by atoms with E-state index in [0.29, 0.717) is 38.2 Å². The third-order valence-corrected chi connectivity index (χ3v) is 5.08. The predicted molar refractivity (Wildman–Crippen MR) is 102 cm³/mol. The molecule has 1 fully saturated rings. The zero-order valence-corrected chi connectivity index (χ0v) is 15.6. The molecular formula is C22H25FN2O2. The minimum absolute atomic E-state index is 0.0168. The number of hydrogen-bond donors (Lipinski definition) is 0. The van der Waals surface area contributed by atoms with E-state index >= 15 is 0 Å². The molecule has 0 spiro atoms. The Balaban J connectivity index is 1.58. The third kappa shape index (κ3) is 4.73. The van der Waals surface area contributed by atoms with E-state index < -0.39 is 0 Å². The molecule has 1 heterocycles. The van der Waals surface area contributed by atoms with E-state index in [0.717, 1.165) is 5.56 Å². The van der Waals surface area contributed by atoms with Gasteiger partial charge in [-0.3, -0.25) is 9.59 Å². The van der Waals surface area contributed by atoms with E-state index in [1.54, 1.807) is 28.0 Å². The van der Waals surface area contributed by atoms with Crippen LogP contribution in [-0.4, -0.2) is 41.2 Å². The molecule has 1 unspecified atom stereocenters. The number of carbonyl (C=O) groups excluding carboxylic acids is 2. The van der Waals surface area contributed by atoms with Crippen LogP contribution in [0, 0.1) is 11.7 Å². The van der Waals surface area contributed by atoms with Crippen LogP contribution >= 0.6 is 0 Å². The van der Waals surface area contributed by atoms with Crippen LogP contribution < -0.4 is 0 Å². The van der Waals surface area contributed by atoms with Gasteiger partial charge in [-0.25, -0.2) is 4.39 Å². The van der Waals surface area contributed by atoms with Crippen molar-refractivity contribution in [1.82, 2.24) is 9.80 Å². The number of amides is 2. The molecule has 1 aliphatic rings. The second kappa shape index (κ2) is 8.80. The van der Waals surface area contributed by atoms with Gasteiger partial charge in [-0.05, 0) is 30.5 Å². The van der Waals surface area contributed by atoms with Gasteiger partial charge in [-0.15, -0.1) is 0 Å². The van der Waals surface area contributed by atoms with Crippen molar-refractivity contribution < 1.29 is 14.0 Å². The smallest absolute Gasteiger partial charge is 0.228 e. The lowest BCUT2D eigenvalue weighted by atomic mass is 10.1. The average Bonchev–Trinajstić information content (AvgIpc) is 3.06. The summed E-state index contributed by atoms with van der Waals surface area (Å²) in [6.45, 7) is 3.96. The molecule has 142 valence electrons. The lowest BCUT2D eigenvalue weighted by Gasteiger charge is -2.24. The zero-order valence-electron chi connectivity index (χ0n) is 15.6. The van der Waals surface area contributed by atoms with Gasteiger partial charge in [0.15, 0.2) is 0 Å². The van der Waals surface area contributed by atoms with Crippen molar-refractivity contribution in [2.75, 3.05) is 19.6 Å². The normalized spacial score (nSPS) is 16.6. The quantitative estimate of drug-likeness (QED) is 0.753. The van der Waals surface area contributed by atoms with Gasteiger partial charge >= 0.3 is 0 Å². The molecule has 0 radical (unpaired) electrons. The first kappa shape index (κ1) is 19.1. The number of rotatable bonds is 7. The van der Waals surface area contributed by atoms with Crippen molar-refractivity contribution in [2.24, 2.45) is 5.92 Å². The minimum atomic E-state index is -0.318. The molecule has 1 aliphatic heterocycles. The lowest BCUT2D eigenvalue weighted by Crippen LogP contribution is -2.37. The van der Waals surface area contributed by atoms with Crippen molar-refractivity contribution >= 4 is 11.8 Å². The Morgan fingerprint density at radius 1 is 1.15 bits per heavy atom. The second-order valence-corrected chi connectivity index (χ2v) is 6.92. The highest BCUT2D eigenvalue weighted by atomic mass is 19.1. The second-order valence-electron chi connectivity index (χ2n) is 6.92. The molecule has 2 aromatic carbocycles. The van der Waals surface area contributed by atoms with Crippen molar-refractivity contribution in [2.45, 2.75) is 26.3 Å². The molecule has 1 atom stereocenters. The third-order valence-electron chi connectivity index (χ3n) is 5.08. The van der Waals surface area contributed by atoms with Crippen LogP contribution in [0.5, 0.6) is 0 Å². The first-order valence-corrected chi connectivity index (χ1v) is 9.42. The summed E-state index contributed by atoms with van der Waals surface area (Å²) < 4.78 is 13.8. The maximum Gasteiger partial charge on any atom is 0.228 e. The fraction of sp³-hybridized carbons (Fsp3) is 0.364. The summed E-state index contributed by atoms with van der Waals surface area (Å²) in [7, 11) is 0. The molecule has 0 aliphatic carbocycles. The Labute approximate surface area is 159 Å². The first-order valence-electron chi connectivity index (χ1n) is 9.42. The van der Waals surface area contributed by atoms with E-state index in [1.807, 2.05) is 37.3 Å². The van der Waals surface area contributed by atoms with Crippen LogP contribution in [-0.2, 0) is 22.6 Å². The number of benzene rings is 2. The highest BCUT2D eigenvalue weighted by Gasteiger charge is 2.36. The van der Waals surface area contributed by atoms with Crippen LogP contribution in [0.2, 0.25) is 0 Å². The molecule has 27 heavy (non-hydrogen) atoms. The maximum absolute atomic E-state index is 13.8. The average molecular weight is 368 g/mol. The van der Waals surface area contributed by atoms with Crippen molar-refractivity contribution in [3.63, 3.8) is 0 Å². The van der Waals surface area contributed by atoms with E-state index in [2.05, 4.69) is 0 Å². The highest BCUT2D eigenvalue weighted by molar-refractivity contribution is 5.89. The summed E-state index contributed by atoms with van der Waals surface area (Å²) in [5.41, 5.74) is 1.67. The molecule has 4 nitrogen and oxygen atoms in total. The zero-order chi connectivity index (χ0) is 19.2. The van der Waals surface area contributed by atoms with Crippen molar-refractivity contribution in [1.29, 1.82) is 0 Å². The van der Waals surface area contributed by atoms with Crippen LogP contribution in [0.3, 0.4) is 0 Å². The molecule has 1 saturated heterocycles. The Kier molecular flexibility index (Phi) is 6.22. The lowest BCUT2D eigenvalue weighted by molar-refractivity contribution is -0.136. The minimum Gasteiger partial charge on any atom is -0.342 e. The summed E-state index contributed by atoms with van der Waals surface area (Å²) in [5, 5.41) is 0. The van der Waals surface area contributed by atoms with Crippen molar-refractivity contribution in [3.05, 3.63) is 71.5 Å². The molecule has 0 N–H and O–H groups in total. The van der Waals surface area contributed by atoms with Gasteiger partial charge in [0.1, 0.15) is 5.82 Å². The fourth-order valence-electron chi connectivity index (χ4n) is 3.52. The molecule has 2 amide bonds. The fourth-order valence-corrected chi connectivity index (χ4v) is 3.52. The van der Waals surface area contributed by atoms with E-state index in [9.17, 15) is 14.0 Å². The van der Waals surface area contributed by atoms with E-state index in [-0.39, 0.29) is 30.0 Å². The van der Waals surface area contributed by atoms with Gasteiger partial charge < -0.3 is 9.80 Å². The molecule has 3 rings (SSSR count). The maximum atomic E-state index is 13.8. The Bertz CT molecular complexity index is 794. The van der Waals surface area contributed by atoms with Crippen LogP contribution in [0.25, 0.3) is 0 Å². The van der Waals surface area contributed by atoms with Gasteiger partial charge in [0.25, 0.3) is 0 Å². The van der Waals surface area contributed by atoms with Gasteiger partial charge in [-0.1, -0.05) is 48.5 Å². The number of hydrogen-bond acceptors (Lipinski definition) is 2. The highest BCUT2D eigenvalue weighted by Crippen LogP contribution is 2.22. The monoisotopic (exact) mass is 368 g/mol. The summed E-state index contributed by atoms with van der Waals surface area (Å²) in [4.78, 5) is 28.7. The van der Waals surface area contributed by atoms with Crippen molar-refractivity contribution in [3.8, 4) is 0 Å². The molecule has 0 bridgehead atoms. The van der Waals surface area contributed by atoms with E-state index in [4.69, 9.17) is 0 Å². The number of likely N-dealkylation sites (tertiary alicyclic amines) is 1. The molecule has 5 heteroatoms. The molecule has 2 aromatic rings. The largest absolute Gasteiger partial charge is 0.342 e. The summed E-state index contributed by atoms with van der Waals surface area (Å²) >= 11 is 0. The van der Waals surface area contributed by atoms with E-state index in [1.165, 1.54) is 6.07 Å². The molecule has 0 aromatic heterocycles. The topological polar surface area (TPSA) is 40.6 Å². The number of nitrogens with zero attached hydrogens (tertiary/aromatic N) is 2. The summed E-state index contributed by atoms with van der Waals surface area (Å²) in [6.07, 6.45) is 0.697. The van der Waals surface area contributed by atoms with Crippen LogP contribution in [0.1, 0.15) is 24.5 Å². The summed E-state index contributed by atoms with van der Waals surface area (Å²) in [5.74, 6) is -0.581. The Morgan fingerprint density at radius 3 is 2.56 bits per heavy atom. The standard InChI is InChI=1S/C22H25FN2O2/c1-2-24(15-17-8-4-3-5-9-17)22(27)19-14-21(26)25(16-19)13-12-18-10-6-7-11-20(18)23/h3-11,19H,2,12-16H2,1H3. The summed E-state index contributed by atoms with van der Waals surface area (Å²) in [6, 6.07) is 16.5.